The lowest BCUT2D eigenvalue weighted by molar-refractivity contribution is 0.0696. The zero-order valence-electron chi connectivity index (χ0n) is 11.1. The Morgan fingerprint density at radius 2 is 2.10 bits per heavy atom. The van der Waals surface area contributed by atoms with Gasteiger partial charge in [-0.3, -0.25) is 0 Å². The van der Waals surface area contributed by atoms with Gasteiger partial charge in [-0.1, -0.05) is 0 Å². The maximum absolute atomic E-state index is 11.0. The lowest BCUT2D eigenvalue weighted by atomic mass is 10.2. The Balaban J connectivity index is 2.06. The van der Waals surface area contributed by atoms with Crippen molar-refractivity contribution in [2.75, 3.05) is 7.11 Å². The SMILES string of the molecule is COc1ccc(C(=O)O)cc1Oc1nccc2occc12. The molecule has 0 radical (unpaired) electrons. The van der Waals surface area contributed by atoms with Crippen molar-refractivity contribution in [2.45, 2.75) is 0 Å². The van der Waals surface area contributed by atoms with Crippen LogP contribution in [0.15, 0.2) is 47.2 Å². The summed E-state index contributed by atoms with van der Waals surface area (Å²) in [7, 11) is 1.48. The number of hydrogen-bond acceptors (Lipinski definition) is 5. The normalized spacial score (nSPS) is 10.5. The van der Waals surface area contributed by atoms with E-state index in [1.54, 1.807) is 18.3 Å². The van der Waals surface area contributed by atoms with Crippen LogP contribution in [0.5, 0.6) is 17.4 Å². The number of benzene rings is 1. The highest BCUT2D eigenvalue weighted by Crippen LogP contribution is 2.34. The molecule has 1 aromatic carbocycles. The Labute approximate surface area is 119 Å². The van der Waals surface area contributed by atoms with Crippen LogP contribution in [-0.4, -0.2) is 23.2 Å². The second-order valence-electron chi connectivity index (χ2n) is 4.22. The molecule has 0 aliphatic heterocycles. The minimum absolute atomic E-state index is 0.102. The smallest absolute Gasteiger partial charge is 0.335 e. The number of furan rings is 1. The fourth-order valence-electron chi connectivity index (χ4n) is 1.94. The van der Waals surface area contributed by atoms with Crippen molar-refractivity contribution in [3.05, 3.63) is 48.4 Å². The van der Waals surface area contributed by atoms with Gasteiger partial charge in [0.15, 0.2) is 11.5 Å². The maximum Gasteiger partial charge on any atom is 0.335 e. The summed E-state index contributed by atoms with van der Waals surface area (Å²) in [5.74, 6) is -0.0278. The molecule has 0 saturated heterocycles. The number of aromatic carboxylic acids is 1. The molecule has 2 aromatic heterocycles. The van der Waals surface area contributed by atoms with E-state index in [0.717, 1.165) is 0 Å². The van der Waals surface area contributed by atoms with Crippen LogP contribution in [-0.2, 0) is 0 Å². The third kappa shape index (κ3) is 2.38. The summed E-state index contributed by atoms with van der Waals surface area (Å²) in [6.45, 7) is 0. The van der Waals surface area contributed by atoms with E-state index in [4.69, 9.17) is 19.0 Å². The Bertz CT molecular complexity index is 809. The summed E-state index contributed by atoms with van der Waals surface area (Å²) in [5.41, 5.74) is 0.735. The Morgan fingerprint density at radius 3 is 2.86 bits per heavy atom. The van der Waals surface area contributed by atoms with Crippen molar-refractivity contribution in [1.82, 2.24) is 4.98 Å². The number of methoxy groups -OCH3 is 1. The van der Waals surface area contributed by atoms with Crippen molar-refractivity contribution in [2.24, 2.45) is 0 Å². The Morgan fingerprint density at radius 1 is 1.24 bits per heavy atom. The molecule has 0 aliphatic carbocycles. The zero-order chi connectivity index (χ0) is 14.8. The highest BCUT2D eigenvalue weighted by atomic mass is 16.5. The molecular weight excluding hydrogens is 274 g/mol. The van der Waals surface area contributed by atoms with E-state index in [-0.39, 0.29) is 11.3 Å². The second-order valence-corrected chi connectivity index (χ2v) is 4.22. The first-order valence-corrected chi connectivity index (χ1v) is 6.10. The molecule has 0 fully saturated rings. The van der Waals surface area contributed by atoms with Crippen molar-refractivity contribution in [3.8, 4) is 17.4 Å². The van der Waals surface area contributed by atoms with Gasteiger partial charge >= 0.3 is 5.97 Å². The molecule has 6 nitrogen and oxygen atoms in total. The fourth-order valence-corrected chi connectivity index (χ4v) is 1.94. The Kier molecular flexibility index (Phi) is 3.19. The van der Waals surface area contributed by atoms with Gasteiger partial charge in [-0.15, -0.1) is 0 Å². The van der Waals surface area contributed by atoms with Gasteiger partial charge in [0.2, 0.25) is 5.88 Å². The number of hydrogen-bond donors (Lipinski definition) is 1. The third-order valence-electron chi connectivity index (χ3n) is 2.96. The van der Waals surface area contributed by atoms with Crippen molar-refractivity contribution < 1.29 is 23.8 Å². The summed E-state index contributed by atoms with van der Waals surface area (Å²) in [6.07, 6.45) is 3.08. The number of pyridine rings is 1. The van der Waals surface area contributed by atoms with Crippen molar-refractivity contribution >= 4 is 16.9 Å². The minimum atomic E-state index is -1.04. The monoisotopic (exact) mass is 285 g/mol. The van der Waals surface area contributed by atoms with Crippen LogP contribution in [0.2, 0.25) is 0 Å². The number of carboxylic acid groups (broad SMARTS) is 1. The molecule has 0 saturated carbocycles. The molecule has 0 unspecified atom stereocenters. The number of fused-ring (bicyclic) bond motifs is 1. The highest BCUT2D eigenvalue weighted by Gasteiger charge is 2.13. The molecule has 6 heteroatoms. The number of ether oxygens (including phenoxy) is 2. The molecule has 0 spiro atoms. The average molecular weight is 285 g/mol. The zero-order valence-corrected chi connectivity index (χ0v) is 11.1. The van der Waals surface area contributed by atoms with Crippen molar-refractivity contribution in [3.63, 3.8) is 0 Å². The molecule has 21 heavy (non-hydrogen) atoms. The first kappa shape index (κ1) is 13.0. The number of aromatic nitrogens is 1. The van der Waals surface area contributed by atoms with Crippen LogP contribution in [0.4, 0.5) is 0 Å². The van der Waals surface area contributed by atoms with E-state index < -0.39 is 5.97 Å². The molecule has 0 amide bonds. The fraction of sp³-hybridized carbons (Fsp3) is 0.0667. The lowest BCUT2D eigenvalue weighted by Gasteiger charge is -2.10. The van der Waals surface area contributed by atoms with Gasteiger partial charge in [-0.2, -0.15) is 0 Å². The predicted molar refractivity (Wildman–Crippen MR) is 74.0 cm³/mol. The van der Waals surface area contributed by atoms with E-state index in [0.29, 0.717) is 22.6 Å². The first-order chi connectivity index (χ1) is 10.2. The van der Waals surface area contributed by atoms with Gasteiger partial charge in [0, 0.05) is 6.20 Å². The summed E-state index contributed by atoms with van der Waals surface area (Å²) >= 11 is 0. The van der Waals surface area contributed by atoms with Crippen LogP contribution in [0.1, 0.15) is 10.4 Å². The van der Waals surface area contributed by atoms with E-state index in [2.05, 4.69) is 4.98 Å². The number of nitrogens with zero attached hydrogens (tertiary/aromatic N) is 1. The summed E-state index contributed by atoms with van der Waals surface area (Å²) in [5, 5.41) is 9.75. The molecule has 1 N–H and O–H groups in total. The number of carbonyl (C=O) groups is 1. The van der Waals surface area contributed by atoms with Crippen LogP contribution < -0.4 is 9.47 Å². The lowest BCUT2D eigenvalue weighted by Crippen LogP contribution is -1.99. The largest absolute Gasteiger partial charge is 0.493 e. The van der Waals surface area contributed by atoms with Crippen LogP contribution in [0, 0.1) is 0 Å². The maximum atomic E-state index is 11.0. The minimum Gasteiger partial charge on any atom is -0.493 e. The number of carboxylic acids is 1. The molecule has 0 aliphatic rings. The molecule has 2 heterocycles. The quantitative estimate of drug-likeness (QED) is 0.791. The summed E-state index contributed by atoms with van der Waals surface area (Å²) in [4.78, 5) is 15.2. The molecule has 3 rings (SSSR count). The van der Waals surface area contributed by atoms with Gasteiger partial charge in [0.25, 0.3) is 0 Å². The van der Waals surface area contributed by atoms with E-state index in [1.165, 1.54) is 31.6 Å². The van der Waals surface area contributed by atoms with E-state index in [1.807, 2.05) is 0 Å². The topological polar surface area (TPSA) is 81.8 Å². The van der Waals surface area contributed by atoms with Crippen LogP contribution in [0.3, 0.4) is 0 Å². The average Bonchev–Trinajstić information content (AvgIpc) is 2.96. The van der Waals surface area contributed by atoms with Gasteiger partial charge in [0.1, 0.15) is 5.58 Å². The number of rotatable bonds is 4. The van der Waals surface area contributed by atoms with Gasteiger partial charge in [-0.25, -0.2) is 9.78 Å². The second kappa shape index (κ2) is 5.16. The molecule has 3 aromatic rings. The third-order valence-corrected chi connectivity index (χ3v) is 2.96. The van der Waals surface area contributed by atoms with Gasteiger partial charge in [-0.05, 0) is 30.3 Å². The van der Waals surface area contributed by atoms with E-state index >= 15 is 0 Å². The first-order valence-electron chi connectivity index (χ1n) is 6.10. The predicted octanol–water partition coefficient (Wildman–Crippen LogP) is 3.33. The van der Waals surface area contributed by atoms with Crippen molar-refractivity contribution in [1.29, 1.82) is 0 Å². The van der Waals surface area contributed by atoms with E-state index in [9.17, 15) is 4.79 Å². The van der Waals surface area contributed by atoms with Crippen LogP contribution >= 0.6 is 0 Å². The molecule has 106 valence electrons. The standard InChI is InChI=1S/C15H11NO5/c1-19-12-3-2-9(15(17)18)8-13(12)21-14-10-5-7-20-11(10)4-6-16-14/h2-8H,1H3,(H,17,18). The van der Waals surface area contributed by atoms with Gasteiger partial charge in [0.05, 0.1) is 24.3 Å². The highest BCUT2D eigenvalue weighted by molar-refractivity contribution is 5.88. The Hall–Kier alpha value is -3.02. The van der Waals surface area contributed by atoms with Gasteiger partial charge < -0.3 is 19.0 Å². The molecular formula is C15H11NO5. The summed E-state index contributed by atoms with van der Waals surface area (Å²) in [6, 6.07) is 7.81. The molecule has 0 bridgehead atoms. The molecule has 0 atom stereocenters. The van der Waals surface area contributed by atoms with Crippen LogP contribution in [0.25, 0.3) is 11.0 Å². The summed E-state index contributed by atoms with van der Waals surface area (Å²) < 4.78 is 16.1.